The van der Waals surface area contributed by atoms with Crippen LogP contribution in [-0.2, 0) is 0 Å². The molecule has 0 unspecified atom stereocenters. The van der Waals surface area contributed by atoms with Gasteiger partial charge in [-0.1, -0.05) is 6.07 Å². The van der Waals surface area contributed by atoms with E-state index in [2.05, 4.69) is 25.9 Å². The van der Waals surface area contributed by atoms with Crippen molar-refractivity contribution in [2.75, 3.05) is 23.7 Å². The fourth-order valence-electron chi connectivity index (χ4n) is 2.77. The monoisotopic (exact) mass is 357 g/mol. The van der Waals surface area contributed by atoms with Gasteiger partial charge in [0, 0.05) is 29.0 Å². The summed E-state index contributed by atoms with van der Waals surface area (Å²) in [5, 5.41) is 23.3. The van der Waals surface area contributed by atoms with Gasteiger partial charge in [-0.05, 0) is 62.5 Å². The van der Waals surface area contributed by atoms with Crippen molar-refractivity contribution in [1.82, 2.24) is 15.3 Å². The number of nitrogens with two attached hydrogens (primary N) is 1. The van der Waals surface area contributed by atoms with E-state index < -0.39 is 0 Å². The zero-order valence-electron chi connectivity index (χ0n) is 14.2. The first-order chi connectivity index (χ1) is 12.2. The van der Waals surface area contributed by atoms with Crippen LogP contribution in [0.5, 0.6) is 0 Å². The normalized spacial score (nSPS) is 15.0. The zero-order chi connectivity index (χ0) is 17.6. The van der Waals surface area contributed by atoms with Crippen molar-refractivity contribution in [1.29, 1.82) is 5.41 Å². The van der Waals surface area contributed by atoms with Gasteiger partial charge in [-0.2, -0.15) is 4.98 Å². The number of nitrogens with zero attached hydrogens (tertiary/aromatic N) is 2. The van der Waals surface area contributed by atoms with Crippen molar-refractivity contribution >= 4 is 35.6 Å². The molecule has 8 heteroatoms. The number of nitrogens with one attached hydrogen (secondary N) is 4. The van der Waals surface area contributed by atoms with Crippen molar-refractivity contribution in [3.05, 3.63) is 35.5 Å². The van der Waals surface area contributed by atoms with E-state index in [4.69, 9.17) is 10.5 Å². The summed E-state index contributed by atoms with van der Waals surface area (Å²) in [6, 6.07) is 6.33. The number of hydrogen-bond donors (Lipinski definition) is 5. The van der Waals surface area contributed by atoms with Gasteiger partial charge in [0.25, 0.3) is 0 Å². The standard InChI is InChI=1S/C17H23N7S/c1-11-2-3-14(8-15(11)25-19)23-17-21-10-12(9-18)16(24-17)22-13-4-6-20-7-5-13/h2-3,8-10,13,18,20H,4-7,19H2,1H3,(H2,21,22,23,24). The molecule has 25 heavy (non-hydrogen) atoms. The summed E-state index contributed by atoms with van der Waals surface area (Å²) in [5.41, 5.74) is 2.70. The molecule has 0 radical (unpaired) electrons. The number of benzene rings is 1. The van der Waals surface area contributed by atoms with Gasteiger partial charge in [0.1, 0.15) is 5.82 Å². The van der Waals surface area contributed by atoms with Gasteiger partial charge in [-0.3, -0.25) is 5.14 Å². The third kappa shape index (κ3) is 4.47. The molecule has 2 aromatic rings. The van der Waals surface area contributed by atoms with Crippen molar-refractivity contribution < 1.29 is 0 Å². The highest BCUT2D eigenvalue weighted by atomic mass is 32.2. The second-order valence-electron chi connectivity index (χ2n) is 6.03. The maximum Gasteiger partial charge on any atom is 0.229 e. The first kappa shape index (κ1) is 17.7. The van der Waals surface area contributed by atoms with Crippen LogP contribution < -0.4 is 21.1 Å². The lowest BCUT2D eigenvalue weighted by molar-refractivity contribution is 0.478. The molecule has 1 saturated heterocycles. The number of anilines is 3. The number of rotatable bonds is 6. The van der Waals surface area contributed by atoms with Crippen LogP contribution in [0.25, 0.3) is 0 Å². The van der Waals surface area contributed by atoms with E-state index >= 15 is 0 Å². The predicted molar refractivity (Wildman–Crippen MR) is 104 cm³/mol. The Bertz CT molecular complexity index is 744. The van der Waals surface area contributed by atoms with E-state index in [0.717, 1.165) is 42.1 Å². The van der Waals surface area contributed by atoms with Gasteiger partial charge in [-0.15, -0.1) is 0 Å². The van der Waals surface area contributed by atoms with E-state index in [0.29, 0.717) is 23.4 Å². The van der Waals surface area contributed by atoms with Crippen molar-refractivity contribution in [2.45, 2.75) is 30.7 Å². The van der Waals surface area contributed by atoms with Crippen LogP contribution >= 0.6 is 11.9 Å². The van der Waals surface area contributed by atoms with Crippen LogP contribution in [0, 0.1) is 12.3 Å². The minimum atomic E-state index is 0.363. The maximum absolute atomic E-state index is 7.58. The lowest BCUT2D eigenvalue weighted by Crippen LogP contribution is -2.35. The van der Waals surface area contributed by atoms with Crippen LogP contribution in [0.3, 0.4) is 0 Å². The predicted octanol–water partition coefficient (Wildman–Crippen LogP) is 2.66. The molecule has 1 aromatic carbocycles. The summed E-state index contributed by atoms with van der Waals surface area (Å²) in [5.74, 6) is 1.19. The molecular formula is C17H23N7S. The Balaban J connectivity index is 1.79. The first-order valence-electron chi connectivity index (χ1n) is 8.29. The van der Waals surface area contributed by atoms with E-state index in [1.807, 2.05) is 25.1 Å². The van der Waals surface area contributed by atoms with Gasteiger partial charge in [-0.25, -0.2) is 4.98 Å². The molecular weight excluding hydrogens is 334 g/mol. The third-order valence-corrected chi connectivity index (χ3v) is 4.92. The molecule has 1 aromatic heterocycles. The minimum Gasteiger partial charge on any atom is -0.367 e. The van der Waals surface area contributed by atoms with Crippen LogP contribution in [0.15, 0.2) is 29.3 Å². The highest BCUT2D eigenvalue weighted by Gasteiger charge is 2.15. The number of hydrogen-bond acceptors (Lipinski definition) is 8. The van der Waals surface area contributed by atoms with Gasteiger partial charge in [0.05, 0.1) is 5.56 Å². The molecule has 0 amide bonds. The molecule has 2 heterocycles. The topological polar surface area (TPSA) is 112 Å². The second kappa shape index (κ2) is 8.28. The molecule has 132 valence electrons. The van der Waals surface area contributed by atoms with Crippen LogP contribution in [0.4, 0.5) is 17.5 Å². The average Bonchev–Trinajstić information content (AvgIpc) is 2.64. The Labute approximate surface area is 151 Å². The van der Waals surface area contributed by atoms with E-state index in [1.165, 1.54) is 18.2 Å². The smallest absolute Gasteiger partial charge is 0.229 e. The van der Waals surface area contributed by atoms with Crippen molar-refractivity contribution in [2.24, 2.45) is 5.14 Å². The molecule has 1 fully saturated rings. The van der Waals surface area contributed by atoms with Gasteiger partial charge in [0.2, 0.25) is 5.95 Å². The van der Waals surface area contributed by atoms with Gasteiger partial charge in [0.15, 0.2) is 0 Å². The average molecular weight is 357 g/mol. The minimum absolute atomic E-state index is 0.363. The quantitative estimate of drug-likeness (QED) is 0.399. The largest absolute Gasteiger partial charge is 0.367 e. The van der Waals surface area contributed by atoms with Crippen LogP contribution in [0.2, 0.25) is 0 Å². The summed E-state index contributed by atoms with van der Waals surface area (Å²) < 4.78 is 0. The Morgan fingerprint density at radius 2 is 2.16 bits per heavy atom. The molecule has 6 N–H and O–H groups in total. The number of piperidine rings is 1. The molecule has 0 atom stereocenters. The molecule has 0 saturated carbocycles. The summed E-state index contributed by atoms with van der Waals surface area (Å²) in [6.45, 7) is 4.02. The lowest BCUT2D eigenvalue weighted by atomic mass is 10.1. The Kier molecular flexibility index (Phi) is 5.85. The lowest BCUT2D eigenvalue weighted by Gasteiger charge is -2.24. The van der Waals surface area contributed by atoms with Crippen molar-refractivity contribution in [3.8, 4) is 0 Å². The number of aromatic nitrogens is 2. The van der Waals surface area contributed by atoms with E-state index in [9.17, 15) is 0 Å². The van der Waals surface area contributed by atoms with Crippen LogP contribution in [-0.4, -0.2) is 35.3 Å². The summed E-state index contributed by atoms with van der Waals surface area (Å²) in [4.78, 5) is 9.89. The highest BCUT2D eigenvalue weighted by Crippen LogP contribution is 2.24. The second-order valence-corrected chi connectivity index (χ2v) is 6.71. The summed E-state index contributed by atoms with van der Waals surface area (Å²) >= 11 is 1.22. The summed E-state index contributed by atoms with van der Waals surface area (Å²) in [7, 11) is 0. The van der Waals surface area contributed by atoms with Crippen molar-refractivity contribution in [3.63, 3.8) is 0 Å². The zero-order valence-corrected chi connectivity index (χ0v) is 15.0. The maximum atomic E-state index is 7.58. The molecule has 1 aliphatic heterocycles. The first-order valence-corrected chi connectivity index (χ1v) is 9.16. The van der Waals surface area contributed by atoms with E-state index in [1.54, 1.807) is 6.20 Å². The highest BCUT2D eigenvalue weighted by molar-refractivity contribution is 7.97. The van der Waals surface area contributed by atoms with E-state index in [-0.39, 0.29) is 0 Å². The third-order valence-electron chi connectivity index (χ3n) is 4.22. The fourth-order valence-corrected chi connectivity index (χ4v) is 3.22. The molecule has 0 aliphatic carbocycles. The molecule has 7 nitrogen and oxygen atoms in total. The van der Waals surface area contributed by atoms with Gasteiger partial charge >= 0.3 is 0 Å². The van der Waals surface area contributed by atoms with Gasteiger partial charge < -0.3 is 21.4 Å². The SMILES string of the molecule is Cc1ccc(Nc2ncc(C=N)c(NC3CCNCC3)n2)cc1SN. The summed E-state index contributed by atoms with van der Waals surface area (Å²) in [6.07, 6.45) is 5.03. The molecule has 0 bridgehead atoms. The Morgan fingerprint density at radius 3 is 2.88 bits per heavy atom. The number of aryl methyl sites for hydroxylation is 1. The molecule has 0 spiro atoms. The van der Waals surface area contributed by atoms with Crippen LogP contribution in [0.1, 0.15) is 24.0 Å². The Morgan fingerprint density at radius 1 is 1.36 bits per heavy atom. The molecule has 3 rings (SSSR count). The fraction of sp³-hybridized carbons (Fsp3) is 0.353. The molecule has 1 aliphatic rings. The Hall–Kier alpha value is -2.16.